The highest BCUT2D eigenvalue weighted by atomic mass is 16.1. The minimum Gasteiger partial charge on any atom is -0.318 e. The summed E-state index contributed by atoms with van der Waals surface area (Å²) in [7, 11) is 0. The number of nitrogens with zero attached hydrogens (tertiary/aromatic N) is 1. The first-order valence-electron chi connectivity index (χ1n) is 9.36. The van der Waals surface area contributed by atoms with E-state index in [4.69, 9.17) is 0 Å². The number of Topliss-reactive ketones (excluding diaryl/α,β-unsaturated/α-hetero) is 1. The summed E-state index contributed by atoms with van der Waals surface area (Å²) in [6.07, 6.45) is 3.39. The van der Waals surface area contributed by atoms with Crippen LogP contribution in [0.1, 0.15) is 55.6 Å². The predicted molar refractivity (Wildman–Crippen MR) is 101 cm³/mol. The number of ketones is 1. The number of nitrogens with one attached hydrogen (secondary N) is 1. The maximum Gasteiger partial charge on any atom is 0.135 e. The van der Waals surface area contributed by atoms with Gasteiger partial charge in [-0.05, 0) is 55.4 Å². The zero-order valence-corrected chi connectivity index (χ0v) is 15.8. The molecule has 1 N–H and O–H groups in total. The van der Waals surface area contributed by atoms with E-state index in [9.17, 15) is 4.79 Å². The smallest absolute Gasteiger partial charge is 0.135 e. The van der Waals surface area contributed by atoms with Gasteiger partial charge in [-0.2, -0.15) is 0 Å². The van der Waals surface area contributed by atoms with E-state index in [0.717, 1.165) is 19.4 Å². The number of carbonyl (C=O) groups excluding carboxylic acids is 1. The molecule has 0 bridgehead atoms. The maximum absolute atomic E-state index is 12.6. The average molecular weight is 336 g/mol. The first kappa shape index (κ1) is 16.6. The molecular weight excluding hydrogens is 308 g/mol. The van der Waals surface area contributed by atoms with E-state index in [1.165, 1.54) is 28.2 Å². The molecule has 1 aliphatic carbocycles. The Hall–Kier alpha value is -1.87. The third-order valence-electron chi connectivity index (χ3n) is 6.06. The van der Waals surface area contributed by atoms with Gasteiger partial charge in [0, 0.05) is 36.5 Å². The average Bonchev–Trinajstić information content (AvgIpc) is 2.78. The molecule has 2 aliphatic rings. The van der Waals surface area contributed by atoms with Crippen LogP contribution in [0.25, 0.3) is 5.69 Å². The Morgan fingerprint density at radius 3 is 2.44 bits per heavy atom. The van der Waals surface area contributed by atoms with Crippen molar-refractivity contribution >= 4 is 5.78 Å². The highest BCUT2D eigenvalue weighted by Crippen LogP contribution is 2.49. The SMILES string of the molecule is Cc1c2c(c(C)n1-c1ccccc1)[C@@]1(CC(=O)CC(C)(C)C1)NCC2. The van der Waals surface area contributed by atoms with Gasteiger partial charge in [-0.15, -0.1) is 0 Å². The Morgan fingerprint density at radius 1 is 1.04 bits per heavy atom. The molecule has 1 fully saturated rings. The number of hydrogen-bond acceptors (Lipinski definition) is 2. The molecule has 1 aliphatic heterocycles. The maximum atomic E-state index is 12.6. The number of rotatable bonds is 1. The second kappa shape index (κ2) is 5.57. The van der Waals surface area contributed by atoms with Gasteiger partial charge in [0.2, 0.25) is 0 Å². The molecule has 1 saturated carbocycles. The summed E-state index contributed by atoms with van der Waals surface area (Å²) in [5.41, 5.74) is 6.52. The fourth-order valence-corrected chi connectivity index (χ4v) is 5.49. The lowest BCUT2D eigenvalue weighted by Gasteiger charge is -2.47. The fourth-order valence-electron chi connectivity index (χ4n) is 5.49. The summed E-state index contributed by atoms with van der Waals surface area (Å²) in [5, 5.41) is 3.78. The van der Waals surface area contributed by atoms with E-state index in [1.54, 1.807) is 0 Å². The van der Waals surface area contributed by atoms with Crippen LogP contribution >= 0.6 is 0 Å². The molecule has 1 aromatic heterocycles. The van der Waals surface area contributed by atoms with Gasteiger partial charge in [0.05, 0.1) is 5.54 Å². The third-order valence-corrected chi connectivity index (χ3v) is 6.06. The van der Waals surface area contributed by atoms with Crippen molar-refractivity contribution in [3.8, 4) is 5.69 Å². The van der Waals surface area contributed by atoms with Gasteiger partial charge >= 0.3 is 0 Å². The van der Waals surface area contributed by atoms with Gasteiger partial charge in [-0.1, -0.05) is 32.0 Å². The number of benzene rings is 1. The van der Waals surface area contributed by atoms with Crippen LogP contribution in [0.2, 0.25) is 0 Å². The van der Waals surface area contributed by atoms with Gasteiger partial charge in [0.25, 0.3) is 0 Å². The van der Waals surface area contributed by atoms with Crippen molar-refractivity contribution in [2.75, 3.05) is 6.54 Å². The molecule has 0 unspecified atom stereocenters. The molecular formula is C22H28N2O. The van der Waals surface area contributed by atoms with Gasteiger partial charge < -0.3 is 9.88 Å². The topological polar surface area (TPSA) is 34.0 Å². The molecule has 2 aromatic rings. The van der Waals surface area contributed by atoms with Crippen molar-refractivity contribution in [1.29, 1.82) is 0 Å². The number of hydrogen-bond donors (Lipinski definition) is 1. The molecule has 4 rings (SSSR count). The van der Waals surface area contributed by atoms with Crippen molar-refractivity contribution in [3.63, 3.8) is 0 Å². The first-order chi connectivity index (χ1) is 11.8. The molecule has 2 heterocycles. The van der Waals surface area contributed by atoms with E-state index in [2.05, 4.69) is 67.9 Å². The Labute approximate surface area is 150 Å². The Kier molecular flexibility index (Phi) is 3.69. The van der Waals surface area contributed by atoms with Crippen LogP contribution in [0.15, 0.2) is 30.3 Å². The van der Waals surface area contributed by atoms with E-state index >= 15 is 0 Å². The van der Waals surface area contributed by atoms with E-state index in [1.807, 2.05) is 0 Å². The van der Waals surface area contributed by atoms with E-state index < -0.39 is 0 Å². The van der Waals surface area contributed by atoms with Crippen molar-refractivity contribution in [2.24, 2.45) is 5.41 Å². The van der Waals surface area contributed by atoms with Gasteiger partial charge in [0.1, 0.15) is 5.78 Å². The van der Waals surface area contributed by atoms with Crippen molar-refractivity contribution in [2.45, 2.75) is 58.9 Å². The van der Waals surface area contributed by atoms with E-state index in [-0.39, 0.29) is 11.0 Å². The Balaban J connectivity index is 1.92. The van der Waals surface area contributed by atoms with Crippen molar-refractivity contribution in [1.82, 2.24) is 9.88 Å². The van der Waals surface area contributed by atoms with Gasteiger partial charge in [-0.3, -0.25) is 4.79 Å². The lowest BCUT2D eigenvalue weighted by Crippen LogP contribution is -2.54. The number of fused-ring (bicyclic) bond motifs is 2. The van der Waals surface area contributed by atoms with Crippen LogP contribution in [0, 0.1) is 19.3 Å². The van der Waals surface area contributed by atoms with Gasteiger partial charge in [0.15, 0.2) is 0 Å². The van der Waals surface area contributed by atoms with Gasteiger partial charge in [-0.25, -0.2) is 0 Å². The molecule has 1 aromatic carbocycles. The molecule has 0 saturated heterocycles. The van der Waals surface area contributed by atoms with Crippen LogP contribution in [0.4, 0.5) is 0 Å². The lowest BCUT2D eigenvalue weighted by molar-refractivity contribution is -0.126. The fraction of sp³-hybridized carbons (Fsp3) is 0.500. The summed E-state index contributed by atoms with van der Waals surface area (Å²) < 4.78 is 2.38. The predicted octanol–water partition coefficient (Wildman–Crippen LogP) is 4.21. The minimum atomic E-state index is -0.193. The normalized spacial score (nSPS) is 25.2. The lowest BCUT2D eigenvalue weighted by atomic mass is 9.63. The largest absolute Gasteiger partial charge is 0.318 e. The zero-order chi connectivity index (χ0) is 17.8. The minimum absolute atomic E-state index is 0.0478. The second-order valence-corrected chi connectivity index (χ2v) is 8.69. The molecule has 1 atom stereocenters. The standard InChI is InChI=1S/C22H28N2O/c1-15-19-10-11-23-22(13-18(25)12-21(3,4)14-22)20(19)16(2)24(15)17-8-6-5-7-9-17/h5-9,23H,10-14H2,1-4H3/t22-/m0/s1. The zero-order valence-electron chi connectivity index (χ0n) is 15.8. The number of aromatic nitrogens is 1. The van der Waals surface area contributed by atoms with Crippen LogP contribution < -0.4 is 5.32 Å². The molecule has 3 heteroatoms. The van der Waals surface area contributed by atoms with Crippen LogP contribution in [0.5, 0.6) is 0 Å². The summed E-state index contributed by atoms with van der Waals surface area (Å²) in [5.74, 6) is 0.390. The molecule has 0 radical (unpaired) electrons. The van der Waals surface area contributed by atoms with Crippen molar-refractivity contribution in [3.05, 3.63) is 52.8 Å². The number of para-hydroxylation sites is 1. The highest BCUT2D eigenvalue weighted by Gasteiger charge is 2.48. The molecule has 0 amide bonds. The van der Waals surface area contributed by atoms with E-state index in [0.29, 0.717) is 18.6 Å². The molecule has 25 heavy (non-hydrogen) atoms. The Morgan fingerprint density at radius 2 is 1.76 bits per heavy atom. The molecule has 1 spiro atoms. The monoisotopic (exact) mass is 336 g/mol. The Bertz CT molecular complexity index is 831. The highest BCUT2D eigenvalue weighted by molar-refractivity contribution is 5.82. The summed E-state index contributed by atoms with van der Waals surface area (Å²) in [4.78, 5) is 12.6. The third kappa shape index (κ3) is 2.56. The molecule has 132 valence electrons. The van der Waals surface area contributed by atoms with Crippen LogP contribution in [0.3, 0.4) is 0 Å². The summed E-state index contributed by atoms with van der Waals surface area (Å²) in [6.45, 7) is 9.87. The quantitative estimate of drug-likeness (QED) is 0.846. The number of carbonyl (C=O) groups is 1. The van der Waals surface area contributed by atoms with Crippen LogP contribution in [-0.4, -0.2) is 16.9 Å². The summed E-state index contributed by atoms with van der Waals surface area (Å²) >= 11 is 0. The van der Waals surface area contributed by atoms with Crippen molar-refractivity contribution < 1.29 is 4.79 Å². The molecule has 3 nitrogen and oxygen atoms in total. The second-order valence-electron chi connectivity index (χ2n) is 8.69. The first-order valence-corrected chi connectivity index (χ1v) is 9.36. The van der Waals surface area contributed by atoms with Crippen LogP contribution in [-0.2, 0) is 16.8 Å². The summed E-state index contributed by atoms with van der Waals surface area (Å²) in [6, 6.07) is 10.6.